The van der Waals surface area contributed by atoms with Crippen LogP contribution in [0.15, 0.2) is 35.4 Å². The quantitative estimate of drug-likeness (QED) is 0.751. The van der Waals surface area contributed by atoms with Gasteiger partial charge in [-0.15, -0.1) is 13.2 Å². The summed E-state index contributed by atoms with van der Waals surface area (Å²) in [6.45, 7) is 0. The number of benzene rings is 1. The number of nitrogens with zero attached hydrogens (tertiary/aromatic N) is 3. The molecule has 0 amide bonds. The topological polar surface area (TPSA) is 110 Å². The van der Waals surface area contributed by atoms with Crippen molar-refractivity contribution in [3.05, 3.63) is 46.5 Å². The van der Waals surface area contributed by atoms with E-state index in [1.54, 1.807) is 0 Å². The number of carbonyl (C=O) groups is 1. The van der Waals surface area contributed by atoms with Crippen LogP contribution in [0.4, 0.5) is 13.2 Å². The molecule has 0 fully saturated rings. The first-order valence-corrected chi connectivity index (χ1v) is 6.31. The van der Waals surface area contributed by atoms with E-state index in [0.717, 1.165) is 35.3 Å². The van der Waals surface area contributed by atoms with Crippen molar-refractivity contribution in [2.45, 2.75) is 6.36 Å². The number of aromatic amines is 1. The van der Waals surface area contributed by atoms with E-state index < -0.39 is 23.6 Å². The van der Waals surface area contributed by atoms with Crippen LogP contribution in [0.5, 0.6) is 5.75 Å². The Kier molecular flexibility index (Phi) is 3.47. The van der Waals surface area contributed by atoms with Crippen LogP contribution in [0, 0.1) is 0 Å². The lowest BCUT2D eigenvalue weighted by atomic mass is 10.2. The van der Waals surface area contributed by atoms with E-state index in [-0.39, 0.29) is 22.4 Å². The highest BCUT2D eigenvalue weighted by molar-refractivity contribution is 5.87. The molecule has 3 rings (SSSR count). The molecule has 0 unspecified atom stereocenters. The number of hydrogen-bond donors (Lipinski definition) is 2. The number of hydrogen-bond acceptors (Lipinski definition) is 5. The van der Waals surface area contributed by atoms with Crippen LogP contribution < -0.4 is 10.3 Å². The predicted molar refractivity (Wildman–Crippen MR) is 73.1 cm³/mol. The summed E-state index contributed by atoms with van der Waals surface area (Å²) in [5.74, 6) is -1.92. The lowest BCUT2D eigenvalue weighted by Crippen LogP contribution is -2.18. The first-order valence-electron chi connectivity index (χ1n) is 6.31. The molecule has 8 nitrogen and oxygen atoms in total. The van der Waals surface area contributed by atoms with Gasteiger partial charge in [-0.25, -0.2) is 14.5 Å². The van der Waals surface area contributed by atoms with Gasteiger partial charge in [0.2, 0.25) is 5.95 Å². The molecule has 24 heavy (non-hydrogen) atoms. The zero-order valence-corrected chi connectivity index (χ0v) is 11.5. The predicted octanol–water partition coefficient (Wildman–Crippen LogP) is 1.71. The summed E-state index contributed by atoms with van der Waals surface area (Å²) in [4.78, 5) is 29.2. The molecule has 11 heteroatoms. The van der Waals surface area contributed by atoms with Crippen LogP contribution in [0.25, 0.3) is 16.9 Å². The molecule has 2 heterocycles. The third-order valence-corrected chi connectivity index (χ3v) is 2.95. The Morgan fingerprint density at radius 1 is 1.33 bits per heavy atom. The molecule has 0 bridgehead atoms. The van der Waals surface area contributed by atoms with Crippen LogP contribution in [0.1, 0.15) is 10.4 Å². The fourth-order valence-electron chi connectivity index (χ4n) is 1.96. The molecule has 0 aliphatic heterocycles. The summed E-state index contributed by atoms with van der Waals surface area (Å²) in [6, 6.07) is 3.07. The second-order valence-corrected chi connectivity index (χ2v) is 4.60. The van der Waals surface area contributed by atoms with Gasteiger partial charge in [-0.2, -0.15) is 5.10 Å². The Morgan fingerprint density at radius 3 is 2.71 bits per heavy atom. The third-order valence-electron chi connectivity index (χ3n) is 2.95. The number of rotatable bonds is 3. The number of ether oxygens (including phenoxy) is 1. The van der Waals surface area contributed by atoms with Crippen molar-refractivity contribution < 1.29 is 27.8 Å². The van der Waals surface area contributed by atoms with Gasteiger partial charge >= 0.3 is 12.3 Å². The molecule has 2 N–H and O–H groups in total. The smallest absolute Gasteiger partial charge is 0.478 e. The zero-order chi connectivity index (χ0) is 17.5. The minimum atomic E-state index is -4.88. The zero-order valence-electron chi connectivity index (χ0n) is 11.5. The molecule has 0 radical (unpaired) electrons. The van der Waals surface area contributed by atoms with E-state index in [2.05, 4.69) is 19.8 Å². The van der Waals surface area contributed by atoms with Gasteiger partial charge in [-0.1, -0.05) is 0 Å². The lowest BCUT2D eigenvalue weighted by Gasteiger charge is -2.09. The van der Waals surface area contributed by atoms with E-state index in [1.807, 2.05) is 0 Å². The highest BCUT2D eigenvalue weighted by Crippen LogP contribution is 2.24. The Balaban J connectivity index is 2.09. The normalized spacial score (nSPS) is 11.6. The van der Waals surface area contributed by atoms with Crippen molar-refractivity contribution in [3.8, 4) is 11.7 Å². The maximum Gasteiger partial charge on any atom is 0.573 e. The molecule has 0 aliphatic carbocycles. The Bertz CT molecular complexity index is 993. The Labute approximate surface area is 130 Å². The summed E-state index contributed by atoms with van der Waals surface area (Å²) in [6.07, 6.45) is -2.74. The van der Waals surface area contributed by atoms with Crippen molar-refractivity contribution in [1.82, 2.24) is 19.7 Å². The van der Waals surface area contributed by atoms with E-state index in [0.29, 0.717) is 0 Å². The fraction of sp³-hybridized carbons (Fsp3) is 0.0769. The van der Waals surface area contributed by atoms with Gasteiger partial charge in [0.1, 0.15) is 5.75 Å². The van der Waals surface area contributed by atoms with Gasteiger partial charge in [0, 0.05) is 12.3 Å². The SMILES string of the molecule is O=C(O)c1cnn(-c2nc3cc(OC(F)(F)F)ccc3c(=O)[nH]2)c1. The molecule has 0 aliphatic rings. The van der Waals surface area contributed by atoms with Gasteiger partial charge < -0.3 is 9.84 Å². The number of halogens is 3. The van der Waals surface area contributed by atoms with Crippen molar-refractivity contribution in [2.75, 3.05) is 0 Å². The maximum absolute atomic E-state index is 12.3. The Morgan fingerprint density at radius 2 is 2.08 bits per heavy atom. The average Bonchev–Trinajstić information content (AvgIpc) is 2.95. The molecular formula is C13H7F3N4O4. The van der Waals surface area contributed by atoms with Gasteiger partial charge in [0.05, 0.1) is 22.7 Å². The minimum absolute atomic E-state index is 0.0406. The van der Waals surface area contributed by atoms with E-state index in [4.69, 9.17) is 5.11 Å². The number of nitrogens with one attached hydrogen (secondary N) is 1. The van der Waals surface area contributed by atoms with Crippen LogP contribution in [-0.4, -0.2) is 37.2 Å². The standard InChI is InChI=1S/C13H7F3N4O4/c14-13(15,16)24-7-1-2-8-9(3-7)18-12(19-10(8)21)20-5-6(4-17-20)11(22)23/h1-5H,(H,22,23)(H,18,19,21). The summed E-state index contributed by atoms with van der Waals surface area (Å²) >= 11 is 0. The monoisotopic (exact) mass is 340 g/mol. The third kappa shape index (κ3) is 3.04. The van der Waals surface area contributed by atoms with Gasteiger partial charge in [-0.3, -0.25) is 9.78 Å². The first kappa shape index (κ1) is 15.5. The number of aromatic carboxylic acids is 1. The number of carboxylic acid groups (broad SMARTS) is 1. The number of fused-ring (bicyclic) bond motifs is 1. The van der Waals surface area contributed by atoms with Gasteiger partial charge in [0.25, 0.3) is 5.56 Å². The maximum atomic E-state index is 12.3. The molecular weight excluding hydrogens is 333 g/mol. The lowest BCUT2D eigenvalue weighted by molar-refractivity contribution is -0.274. The molecule has 124 valence electrons. The summed E-state index contributed by atoms with van der Waals surface area (Å²) in [5.41, 5.74) is -0.837. The van der Waals surface area contributed by atoms with Gasteiger partial charge in [0.15, 0.2) is 0 Å². The molecule has 1 aromatic carbocycles. The molecule has 3 aromatic rings. The average molecular weight is 340 g/mol. The number of H-pyrrole nitrogens is 1. The van der Waals surface area contributed by atoms with E-state index in [1.165, 1.54) is 0 Å². The van der Waals surface area contributed by atoms with E-state index >= 15 is 0 Å². The molecule has 0 atom stereocenters. The number of aromatic nitrogens is 4. The fourth-order valence-corrected chi connectivity index (χ4v) is 1.96. The summed E-state index contributed by atoms with van der Waals surface area (Å²) < 4.78 is 41.6. The Hall–Kier alpha value is -3.37. The van der Waals surface area contributed by atoms with Crippen LogP contribution in [-0.2, 0) is 0 Å². The van der Waals surface area contributed by atoms with Gasteiger partial charge in [-0.05, 0) is 12.1 Å². The molecule has 0 saturated carbocycles. The van der Waals surface area contributed by atoms with Crippen LogP contribution in [0.2, 0.25) is 0 Å². The van der Waals surface area contributed by atoms with E-state index in [9.17, 15) is 22.8 Å². The van der Waals surface area contributed by atoms with Crippen molar-refractivity contribution >= 4 is 16.9 Å². The van der Waals surface area contributed by atoms with Crippen molar-refractivity contribution in [3.63, 3.8) is 0 Å². The number of carboxylic acids is 1. The largest absolute Gasteiger partial charge is 0.573 e. The summed E-state index contributed by atoms with van der Waals surface area (Å²) in [7, 11) is 0. The molecule has 2 aromatic heterocycles. The number of alkyl halides is 3. The highest BCUT2D eigenvalue weighted by Gasteiger charge is 2.31. The molecule has 0 spiro atoms. The highest BCUT2D eigenvalue weighted by atomic mass is 19.4. The second kappa shape index (κ2) is 5.37. The van der Waals surface area contributed by atoms with Crippen molar-refractivity contribution in [2.24, 2.45) is 0 Å². The van der Waals surface area contributed by atoms with Crippen LogP contribution in [0.3, 0.4) is 0 Å². The minimum Gasteiger partial charge on any atom is -0.478 e. The van der Waals surface area contributed by atoms with Crippen molar-refractivity contribution in [1.29, 1.82) is 0 Å². The summed E-state index contributed by atoms with van der Waals surface area (Å²) in [5, 5.41) is 12.6. The first-order chi connectivity index (χ1) is 11.2. The molecule has 0 saturated heterocycles. The second-order valence-electron chi connectivity index (χ2n) is 4.60. The van der Waals surface area contributed by atoms with Crippen LogP contribution >= 0.6 is 0 Å².